The lowest BCUT2D eigenvalue weighted by Crippen LogP contribution is -2.11. The second kappa shape index (κ2) is 6.29. The number of nitrogens with one attached hydrogen (secondary N) is 4. The third-order valence-corrected chi connectivity index (χ3v) is 6.49. The van der Waals surface area contributed by atoms with Gasteiger partial charge in [-0.1, -0.05) is 36.4 Å². The molecule has 0 aliphatic carbocycles. The molecule has 0 unspecified atom stereocenters. The van der Waals surface area contributed by atoms with E-state index in [0.29, 0.717) is 56.1 Å². The van der Waals surface area contributed by atoms with Crippen LogP contribution in [-0.2, 0) is 19.2 Å². The fourth-order valence-electron chi connectivity index (χ4n) is 5.06. The van der Waals surface area contributed by atoms with Gasteiger partial charge in [-0.25, -0.2) is 0 Å². The van der Waals surface area contributed by atoms with Gasteiger partial charge in [-0.05, 0) is 24.3 Å². The van der Waals surface area contributed by atoms with Crippen LogP contribution in [0, 0.1) is 0 Å². The van der Waals surface area contributed by atoms with Crippen LogP contribution in [-0.4, -0.2) is 23.6 Å². The lowest BCUT2D eigenvalue weighted by molar-refractivity contribution is -0.112. The molecule has 4 heterocycles. The van der Waals surface area contributed by atoms with Crippen molar-refractivity contribution in [2.24, 2.45) is 0 Å². The Morgan fingerprint density at radius 1 is 0.382 bits per heavy atom. The number of carbonyl (C=O) groups is 4. The zero-order chi connectivity index (χ0) is 23.1. The smallest absolute Gasteiger partial charge is 0.257 e. The minimum absolute atomic E-state index is 0.250. The summed E-state index contributed by atoms with van der Waals surface area (Å²) >= 11 is 0. The topological polar surface area (TPSA) is 116 Å². The Labute approximate surface area is 192 Å². The molecule has 4 N–H and O–H groups in total. The second-order valence-corrected chi connectivity index (χ2v) is 8.35. The molecule has 0 bridgehead atoms. The Morgan fingerprint density at radius 3 is 1.12 bits per heavy atom. The van der Waals surface area contributed by atoms with Crippen molar-refractivity contribution in [3.8, 4) is 0 Å². The van der Waals surface area contributed by atoms with Crippen LogP contribution in [0.5, 0.6) is 0 Å². The van der Waals surface area contributed by atoms with Crippen molar-refractivity contribution < 1.29 is 19.2 Å². The zero-order valence-electron chi connectivity index (χ0n) is 17.4. The molecular weight excluding hydrogens is 432 g/mol. The van der Waals surface area contributed by atoms with Crippen molar-refractivity contribution in [2.75, 3.05) is 21.3 Å². The molecule has 34 heavy (non-hydrogen) atoms. The van der Waals surface area contributed by atoms with Gasteiger partial charge in [0, 0.05) is 45.0 Å². The zero-order valence-corrected chi connectivity index (χ0v) is 17.4. The summed E-state index contributed by atoms with van der Waals surface area (Å²) in [6.45, 7) is 0. The van der Waals surface area contributed by atoms with Gasteiger partial charge in [-0.3, -0.25) is 19.2 Å². The quantitative estimate of drug-likeness (QED) is 0.397. The van der Waals surface area contributed by atoms with Gasteiger partial charge in [0.1, 0.15) is 0 Å². The summed E-state index contributed by atoms with van der Waals surface area (Å²) < 4.78 is 0. The van der Waals surface area contributed by atoms with E-state index in [9.17, 15) is 19.2 Å². The molecule has 4 aliphatic rings. The van der Waals surface area contributed by atoms with Crippen LogP contribution >= 0.6 is 0 Å². The van der Waals surface area contributed by atoms with E-state index in [1.54, 1.807) is 48.5 Å². The highest BCUT2D eigenvalue weighted by Gasteiger charge is 2.39. The first-order valence-electron chi connectivity index (χ1n) is 10.6. The van der Waals surface area contributed by atoms with Crippen LogP contribution in [0.3, 0.4) is 0 Å². The van der Waals surface area contributed by atoms with E-state index < -0.39 is 11.8 Å². The van der Waals surface area contributed by atoms with Gasteiger partial charge in [-0.2, -0.15) is 0 Å². The normalized spacial score (nSPS) is 21.4. The minimum atomic E-state index is -0.398. The van der Waals surface area contributed by atoms with Crippen LogP contribution < -0.4 is 21.3 Å². The Hall–Kier alpha value is -4.98. The van der Waals surface area contributed by atoms with Gasteiger partial charge in [0.05, 0.1) is 22.3 Å². The highest BCUT2D eigenvalue weighted by Crippen LogP contribution is 2.48. The lowest BCUT2D eigenvalue weighted by atomic mass is 9.92. The van der Waals surface area contributed by atoms with Crippen LogP contribution in [0.1, 0.15) is 22.3 Å². The summed E-state index contributed by atoms with van der Waals surface area (Å²) in [5, 5.41) is 11.2. The minimum Gasteiger partial charge on any atom is -0.321 e. The number of para-hydroxylation sites is 2. The molecule has 0 saturated heterocycles. The van der Waals surface area contributed by atoms with Crippen molar-refractivity contribution in [1.82, 2.24) is 0 Å². The average Bonchev–Trinajstić information content (AvgIpc) is 3.51. The van der Waals surface area contributed by atoms with E-state index in [2.05, 4.69) is 21.3 Å². The maximum Gasteiger partial charge on any atom is 0.257 e. The number of benzene rings is 3. The van der Waals surface area contributed by atoms with E-state index in [4.69, 9.17) is 0 Å². The van der Waals surface area contributed by atoms with Crippen molar-refractivity contribution in [1.29, 1.82) is 0 Å². The van der Waals surface area contributed by atoms with E-state index in [-0.39, 0.29) is 23.0 Å². The molecule has 0 aromatic heterocycles. The van der Waals surface area contributed by atoms with Crippen molar-refractivity contribution >= 4 is 68.7 Å². The molecular formula is C26H14N4O4. The van der Waals surface area contributed by atoms with Gasteiger partial charge in [0.25, 0.3) is 23.6 Å². The first-order valence-corrected chi connectivity index (χ1v) is 10.6. The fourth-order valence-corrected chi connectivity index (χ4v) is 5.06. The van der Waals surface area contributed by atoms with E-state index in [0.717, 1.165) is 0 Å². The third kappa shape index (κ3) is 2.31. The summed E-state index contributed by atoms with van der Waals surface area (Å²) in [5.41, 5.74) is 5.66. The van der Waals surface area contributed by atoms with Crippen molar-refractivity contribution in [3.05, 3.63) is 82.9 Å². The number of hydrogen-bond donors (Lipinski definition) is 4. The predicted molar refractivity (Wildman–Crippen MR) is 127 cm³/mol. The molecule has 4 amide bonds. The van der Waals surface area contributed by atoms with Gasteiger partial charge >= 0.3 is 0 Å². The maximum atomic E-state index is 13.0. The van der Waals surface area contributed by atoms with E-state index in [1.807, 2.05) is 12.1 Å². The van der Waals surface area contributed by atoms with Gasteiger partial charge < -0.3 is 21.3 Å². The Balaban J connectivity index is 1.45. The number of hydrogen-bond acceptors (Lipinski definition) is 4. The molecule has 3 aromatic carbocycles. The molecule has 7 rings (SSSR count). The first kappa shape index (κ1) is 18.6. The fraction of sp³-hybridized carbons (Fsp3) is 0. The van der Waals surface area contributed by atoms with Crippen LogP contribution in [0.2, 0.25) is 0 Å². The monoisotopic (exact) mass is 446 g/mol. The Bertz CT molecular complexity index is 1510. The van der Waals surface area contributed by atoms with Crippen LogP contribution in [0.4, 0.5) is 22.7 Å². The number of fused-ring (bicyclic) bond motifs is 4. The molecule has 0 saturated carbocycles. The number of carbonyl (C=O) groups excluding carboxylic acids is 4. The molecule has 0 radical (unpaired) electrons. The standard InChI is InChI=1S/C26H14N4O4/c31-23-19(11-5-1-3-7-15(11)27-23)21-13-9-18-14(10-17(13)29-25(21)33)22(26(34)30-18)20-12-6-2-4-8-16(12)28-24(20)32/h1-10H,(H,27,31)(H,28,32)(H,29,33)(H,30,34). The summed E-state index contributed by atoms with van der Waals surface area (Å²) in [6.07, 6.45) is 0. The number of amides is 4. The highest BCUT2D eigenvalue weighted by molar-refractivity contribution is 6.51. The third-order valence-electron chi connectivity index (χ3n) is 6.49. The van der Waals surface area contributed by atoms with Crippen LogP contribution in [0.15, 0.2) is 60.7 Å². The van der Waals surface area contributed by atoms with E-state index >= 15 is 0 Å². The molecule has 0 spiro atoms. The number of anilines is 4. The van der Waals surface area contributed by atoms with Gasteiger partial charge in [0.2, 0.25) is 0 Å². The summed E-state index contributed by atoms with van der Waals surface area (Å²) in [4.78, 5) is 51.6. The average molecular weight is 446 g/mol. The maximum absolute atomic E-state index is 13.0. The molecule has 0 fully saturated rings. The van der Waals surface area contributed by atoms with Crippen molar-refractivity contribution in [2.45, 2.75) is 0 Å². The number of rotatable bonds is 0. The summed E-state index contributed by atoms with van der Waals surface area (Å²) in [5.74, 6) is -1.51. The Kier molecular flexibility index (Phi) is 3.44. The summed E-state index contributed by atoms with van der Waals surface area (Å²) in [6, 6.07) is 17.7. The highest BCUT2D eigenvalue weighted by atomic mass is 16.2. The molecule has 3 aromatic rings. The van der Waals surface area contributed by atoms with Crippen molar-refractivity contribution in [3.63, 3.8) is 0 Å². The molecule has 8 nitrogen and oxygen atoms in total. The first-order chi connectivity index (χ1) is 16.5. The van der Waals surface area contributed by atoms with Crippen LogP contribution in [0.25, 0.3) is 22.3 Å². The SMILES string of the molecule is O=C1Nc2ccccc2C1=C1C(=O)Nc2cc3c(cc21)NC(=O)C3=C1C(=O)Nc2ccccc21. The van der Waals surface area contributed by atoms with E-state index in [1.165, 1.54) is 0 Å². The predicted octanol–water partition coefficient (Wildman–Crippen LogP) is 3.32. The van der Waals surface area contributed by atoms with Gasteiger partial charge in [0.15, 0.2) is 0 Å². The summed E-state index contributed by atoms with van der Waals surface area (Å²) in [7, 11) is 0. The molecule has 0 atom stereocenters. The second-order valence-electron chi connectivity index (χ2n) is 8.35. The molecule has 162 valence electrons. The largest absolute Gasteiger partial charge is 0.321 e. The van der Waals surface area contributed by atoms with Gasteiger partial charge in [-0.15, -0.1) is 0 Å². The Morgan fingerprint density at radius 2 is 0.706 bits per heavy atom. The molecule has 4 aliphatic heterocycles. The molecule has 8 heteroatoms. The lowest BCUT2D eigenvalue weighted by Gasteiger charge is -2.07.